The third-order valence-corrected chi connectivity index (χ3v) is 5.48. The average molecular weight is 378 g/mol. The molecule has 6 nitrogen and oxygen atoms in total. The van der Waals surface area contributed by atoms with Crippen LogP contribution in [-0.2, 0) is 13.6 Å². The standard InChI is InChI=1S/C22H26N4O2/c1-15-9-10-21-18(12-15)19(24-25(21)2)14-23-22(27)26-11-5-8-20(26)16-6-4-7-17(13-16)28-3/h4,6-7,9-10,12-13,20H,5,8,11,14H2,1-3H3,(H,23,27)/t20-/m0/s1. The van der Waals surface area contributed by atoms with Crippen molar-refractivity contribution in [2.45, 2.75) is 32.4 Å². The molecule has 1 aliphatic rings. The van der Waals surface area contributed by atoms with Gasteiger partial charge in [-0.2, -0.15) is 5.10 Å². The second-order valence-electron chi connectivity index (χ2n) is 7.38. The lowest BCUT2D eigenvalue weighted by Gasteiger charge is -2.25. The highest BCUT2D eigenvalue weighted by atomic mass is 16.5. The van der Waals surface area contributed by atoms with Gasteiger partial charge in [0.05, 0.1) is 30.9 Å². The molecule has 2 amide bonds. The molecule has 28 heavy (non-hydrogen) atoms. The van der Waals surface area contributed by atoms with E-state index < -0.39 is 0 Å². The van der Waals surface area contributed by atoms with Crippen LogP contribution in [0.4, 0.5) is 4.79 Å². The number of nitrogens with zero attached hydrogens (tertiary/aromatic N) is 3. The normalized spacial score (nSPS) is 16.5. The Morgan fingerprint density at radius 1 is 1.29 bits per heavy atom. The molecule has 3 aromatic rings. The number of rotatable bonds is 4. The van der Waals surface area contributed by atoms with Crippen LogP contribution in [0.5, 0.6) is 5.75 Å². The van der Waals surface area contributed by atoms with Gasteiger partial charge < -0.3 is 15.0 Å². The van der Waals surface area contributed by atoms with Crippen LogP contribution < -0.4 is 10.1 Å². The van der Waals surface area contributed by atoms with Gasteiger partial charge in [-0.05, 0) is 49.6 Å². The van der Waals surface area contributed by atoms with Gasteiger partial charge >= 0.3 is 6.03 Å². The molecular weight excluding hydrogens is 352 g/mol. The number of carbonyl (C=O) groups is 1. The highest BCUT2D eigenvalue weighted by Gasteiger charge is 2.30. The minimum absolute atomic E-state index is 0.0447. The zero-order chi connectivity index (χ0) is 19.7. The summed E-state index contributed by atoms with van der Waals surface area (Å²) in [6, 6.07) is 14.3. The highest BCUT2D eigenvalue weighted by Crippen LogP contribution is 2.33. The molecule has 146 valence electrons. The molecule has 2 aromatic carbocycles. The van der Waals surface area contributed by atoms with E-state index in [1.54, 1.807) is 7.11 Å². The van der Waals surface area contributed by atoms with Crippen molar-refractivity contribution in [1.82, 2.24) is 20.0 Å². The van der Waals surface area contributed by atoms with Crippen LogP contribution in [0, 0.1) is 6.92 Å². The van der Waals surface area contributed by atoms with E-state index in [-0.39, 0.29) is 12.1 Å². The molecule has 1 N–H and O–H groups in total. The van der Waals surface area contributed by atoms with Crippen molar-refractivity contribution in [3.63, 3.8) is 0 Å². The van der Waals surface area contributed by atoms with Gasteiger partial charge in [-0.1, -0.05) is 23.8 Å². The number of fused-ring (bicyclic) bond motifs is 1. The van der Waals surface area contributed by atoms with Crippen molar-refractivity contribution in [2.24, 2.45) is 7.05 Å². The van der Waals surface area contributed by atoms with E-state index in [0.29, 0.717) is 6.54 Å². The van der Waals surface area contributed by atoms with E-state index in [4.69, 9.17) is 4.74 Å². The van der Waals surface area contributed by atoms with Crippen LogP contribution in [-0.4, -0.2) is 34.4 Å². The first-order valence-corrected chi connectivity index (χ1v) is 9.67. The quantitative estimate of drug-likeness (QED) is 0.748. The van der Waals surface area contributed by atoms with Gasteiger partial charge in [-0.3, -0.25) is 4.68 Å². The number of ether oxygens (including phenoxy) is 1. The predicted octanol–water partition coefficient (Wildman–Crippen LogP) is 3.94. The van der Waals surface area contributed by atoms with Crippen molar-refractivity contribution < 1.29 is 9.53 Å². The van der Waals surface area contributed by atoms with Crippen LogP contribution in [0.1, 0.15) is 35.7 Å². The number of benzene rings is 2. The molecule has 0 saturated carbocycles. The number of carbonyl (C=O) groups excluding carboxylic acids is 1. The molecule has 1 saturated heterocycles. The highest BCUT2D eigenvalue weighted by molar-refractivity contribution is 5.83. The van der Waals surface area contributed by atoms with E-state index >= 15 is 0 Å². The fourth-order valence-electron chi connectivity index (χ4n) is 4.05. The lowest BCUT2D eigenvalue weighted by atomic mass is 10.0. The Bertz CT molecular complexity index is 1010. The van der Waals surface area contributed by atoms with Crippen LogP contribution in [0.2, 0.25) is 0 Å². The van der Waals surface area contributed by atoms with Gasteiger partial charge in [-0.15, -0.1) is 0 Å². The monoisotopic (exact) mass is 378 g/mol. The molecule has 0 aliphatic carbocycles. The Morgan fingerprint density at radius 3 is 2.96 bits per heavy atom. The number of likely N-dealkylation sites (tertiary alicyclic amines) is 1. The maximum absolute atomic E-state index is 12.9. The predicted molar refractivity (Wildman–Crippen MR) is 109 cm³/mol. The van der Waals surface area contributed by atoms with Crippen LogP contribution in [0.25, 0.3) is 10.9 Å². The molecule has 1 atom stereocenters. The summed E-state index contributed by atoms with van der Waals surface area (Å²) in [7, 11) is 3.60. The Morgan fingerprint density at radius 2 is 2.14 bits per heavy atom. The van der Waals surface area contributed by atoms with Crippen molar-refractivity contribution in [2.75, 3.05) is 13.7 Å². The summed E-state index contributed by atoms with van der Waals surface area (Å²) in [6.45, 7) is 3.24. The number of amides is 2. The molecule has 4 rings (SSSR count). The number of aryl methyl sites for hydroxylation is 2. The van der Waals surface area contributed by atoms with Gasteiger partial charge in [0.25, 0.3) is 0 Å². The summed E-state index contributed by atoms with van der Waals surface area (Å²) in [5, 5.41) is 8.76. The number of urea groups is 1. The maximum atomic E-state index is 12.9. The SMILES string of the molecule is COc1cccc([C@@H]2CCCN2C(=O)NCc2nn(C)c3ccc(C)cc23)c1. The maximum Gasteiger partial charge on any atom is 0.318 e. The summed E-state index contributed by atoms with van der Waals surface area (Å²) < 4.78 is 7.20. The number of hydrogen-bond donors (Lipinski definition) is 1. The van der Waals surface area contributed by atoms with Gasteiger partial charge in [0.2, 0.25) is 0 Å². The molecule has 0 unspecified atom stereocenters. The van der Waals surface area contributed by atoms with E-state index in [1.165, 1.54) is 5.56 Å². The van der Waals surface area contributed by atoms with Crippen molar-refractivity contribution in [3.8, 4) is 5.75 Å². The zero-order valence-electron chi connectivity index (χ0n) is 16.6. The lowest BCUT2D eigenvalue weighted by Crippen LogP contribution is -2.39. The number of nitrogens with one attached hydrogen (secondary N) is 1. The molecule has 0 bridgehead atoms. The summed E-state index contributed by atoms with van der Waals surface area (Å²) in [4.78, 5) is 14.8. The molecule has 0 spiro atoms. The lowest BCUT2D eigenvalue weighted by molar-refractivity contribution is 0.192. The van der Waals surface area contributed by atoms with Gasteiger partial charge in [-0.25, -0.2) is 4.79 Å². The summed E-state index contributed by atoms with van der Waals surface area (Å²) in [5.74, 6) is 0.820. The smallest absolute Gasteiger partial charge is 0.318 e. The van der Waals surface area contributed by atoms with Crippen molar-refractivity contribution in [3.05, 3.63) is 59.3 Å². The molecule has 6 heteroatoms. The minimum atomic E-state index is -0.0447. The molecule has 1 aliphatic heterocycles. The first-order chi connectivity index (χ1) is 13.6. The minimum Gasteiger partial charge on any atom is -0.497 e. The van der Waals surface area contributed by atoms with Gasteiger partial charge in [0.15, 0.2) is 0 Å². The Kier molecular flexibility index (Phi) is 4.94. The molecular formula is C22H26N4O2. The second-order valence-corrected chi connectivity index (χ2v) is 7.38. The average Bonchev–Trinajstić information content (AvgIpc) is 3.31. The van der Waals surface area contributed by atoms with E-state index in [0.717, 1.165) is 47.3 Å². The number of hydrogen-bond acceptors (Lipinski definition) is 3. The van der Waals surface area contributed by atoms with E-state index in [9.17, 15) is 4.79 Å². The first-order valence-electron chi connectivity index (χ1n) is 9.67. The summed E-state index contributed by atoms with van der Waals surface area (Å²) >= 11 is 0. The van der Waals surface area contributed by atoms with Crippen LogP contribution in [0.3, 0.4) is 0 Å². The number of aromatic nitrogens is 2. The largest absolute Gasteiger partial charge is 0.497 e. The Hall–Kier alpha value is -3.02. The summed E-state index contributed by atoms with van der Waals surface area (Å²) in [5.41, 5.74) is 4.27. The second kappa shape index (κ2) is 7.54. The Balaban J connectivity index is 1.50. The van der Waals surface area contributed by atoms with Gasteiger partial charge in [0.1, 0.15) is 5.75 Å². The van der Waals surface area contributed by atoms with Crippen LogP contribution >= 0.6 is 0 Å². The summed E-state index contributed by atoms with van der Waals surface area (Å²) in [6.07, 6.45) is 1.97. The molecule has 2 heterocycles. The molecule has 0 radical (unpaired) electrons. The van der Waals surface area contributed by atoms with Crippen molar-refractivity contribution in [1.29, 1.82) is 0 Å². The first kappa shape index (κ1) is 18.3. The number of methoxy groups -OCH3 is 1. The molecule has 1 fully saturated rings. The fraction of sp³-hybridized carbons (Fsp3) is 0.364. The third kappa shape index (κ3) is 3.42. The fourth-order valence-corrected chi connectivity index (χ4v) is 4.05. The van der Waals surface area contributed by atoms with Crippen LogP contribution in [0.15, 0.2) is 42.5 Å². The van der Waals surface area contributed by atoms with Crippen molar-refractivity contribution >= 4 is 16.9 Å². The van der Waals surface area contributed by atoms with Gasteiger partial charge in [0, 0.05) is 19.0 Å². The van der Waals surface area contributed by atoms with E-state index in [1.807, 2.05) is 34.8 Å². The Labute approximate surface area is 165 Å². The third-order valence-electron chi connectivity index (χ3n) is 5.48. The van der Waals surface area contributed by atoms with E-state index in [2.05, 4.69) is 41.6 Å². The zero-order valence-corrected chi connectivity index (χ0v) is 16.6. The molecule has 1 aromatic heterocycles. The topological polar surface area (TPSA) is 59.4 Å².